The highest BCUT2D eigenvalue weighted by atomic mass is 35.5. The van der Waals surface area contributed by atoms with Crippen LogP contribution in [0.3, 0.4) is 0 Å². The lowest BCUT2D eigenvalue weighted by molar-refractivity contribution is -0.254. The molecule has 3 aromatic rings. The van der Waals surface area contributed by atoms with Crippen molar-refractivity contribution in [3.05, 3.63) is 56.4 Å². The maximum Gasteiger partial charge on any atom is 0.260 e. The normalized spacial score (nSPS) is 11.8. The van der Waals surface area contributed by atoms with Gasteiger partial charge in [0.25, 0.3) is 5.56 Å². The van der Waals surface area contributed by atoms with Gasteiger partial charge in [-0.25, -0.2) is 4.98 Å². The molecule has 6 nitrogen and oxygen atoms in total. The molecule has 0 radical (unpaired) electrons. The van der Waals surface area contributed by atoms with Crippen molar-refractivity contribution in [2.75, 3.05) is 6.61 Å². The molecule has 28 heavy (non-hydrogen) atoms. The molecule has 8 heteroatoms. The number of ether oxygens (including phenoxy) is 1. The van der Waals surface area contributed by atoms with E-state index in [9.17, 15) is 14.7 Å². The molecule has 0 saturated heterocycles. The monoisotopic (exact) mass is 417 g/mol. The summed E-state index contributed by atoms with van der Waals surface area (Å²) in [6, 6.07) is 7.40. The Hall–Kier alpha value is -2.64. The van der Waals surface area contributed by atoms with Crippen molar-refractivity contribution in [3.8, 4) is 5.75 Å². The average molecular weight is 418 g/mol. The van der Waals surface area contributed by atoms with Crippen molar-refractivity contribution in [1.29, 1.82) is 0 Å². The molecule has 0 unspecified atom stereocenters. The number of aromatic nitrogens is 2. The highest BCUT2D eigenvalue weighted by molar-refractivity contribution is 7.20. The first-order valence-electron chi connectivity index (χ1n) is 8.76. The first kappa shape index (κ1) is 20.1. The number of nitrogens with one attached hydrogen (secondary N) is 1. The Balaban J connectivity index is 1.89. The number of unbranched alkanes of at least 4 members (excludes halogenated alkanes) is 1. The smallest absolute Gasteiger partial charge is 0.260 e. The number of carboxylic acids is 1. The van der Waals surface area contributed by atoms with E-state index in [-0.39, 0.29) is 21.1 Å². The van der Waals surface area contributed by atoms with Gasteiger partial charge in [0.05, 0.1) is 27.9 Å². The Labute approximate surface area is 170 Å². The van der Waals surface area contributed by atoms with Crippen LogP contribution >= 0.6 is 22.9 Å². The molecule has 0 aliphatic carbocycles. The molecular weight excluding hydrogens is 400 g/mol. The van der Waals surface area contributed by atoms with Crippen LogP contribution in [-0.4, -0.2) is 22.5 Å². The number of nitrogens with zero attached hydrogens (tertiary/aromatic N) is 1. The Morgan fingerprint density at radius 3 is 2.71 bits per heavy atom. The maximum atomic E-state index is 12.4. The van der Waals surface area contributed by atoms with E-state index < -0.39 is 11.5 Å². The molecule has 0 amide bonds. The Morgan fingerprint density at radius 1 is 1.36 bits per heavy atom. The van der Waals surface area contributed by atoms with Crippen molar-refractivity contribution in [2.45, 2.75) is 26.7 Å². The van der Waals surface area contributed by atoms with Crippen LogP contribution in [0.1, 0.15) is 46.4 Å². The van der Waals surface area contributed by atoms with Gasteiger partial charge in [0.2, 0.25) is 0 Å². The molecule has 0 bridgehead atoms. The Bertz CT molecular complexity index is 1100. The number of benzene rings is 1. The van der Waals surface area contributed by atoms with E-state index in [4.69, 9.17) is 16.3 Å². The summed E-state index contributed by atoms with van der Waals surface area (Å²) in [5.74, 6) is -0.378. The van der Waals surface area contributed by atoms with E-state index >= 15 is 0 Å². The second-order valence-electron chi connectivity index (χ2n) is 6.20. The van der Waals surface area contributed by atoms with Crippen molar-refractivity contribution < 1.29 is 14.6 Å². The lowest BCUT2D eigenvalue weighted by atomic mass is 10.2. The number of thiophene rings is 1. The lowest BCUT2D eigenvalue weighted by Crippen LogP contribution is -2.21. The summed E-state index contributed by atoms with van der Waals surface area (Å²) in [6.45, 7) is 4.33. The van der Waals surface area contributed by atoms with Crippen LogP contribution in [-0.2, 0) is 0 Å². The second kappa shape index (κ2) is 8.58. The second-order valence-corrected chi connectivity index (χ2v) is 7.61. The summed E-state index contributed by atoms with van der Waals surface area (Å²) in [6.07, 6.45) is 3.73. The highest BCUT2D eigenvalue weighted by Crippen LogP contribution is 2.28. The minimum atomic E-state index is -1.33. The highest BCUT2D eigenvalue weighted by Gasteiger charge is 2.15. The first-order valence-corrected chi connectivity index (χ1v) is 9.95. The summed E-state index contributed by atoms with van der Waals surface area (Å²) in [5.41, 5.74) is 0.722. The zero-order valence-corrected chi connectivity index (χ0v) is 16.9. The van der Waals surface area contributed by atoms with Gasteiger partial charge in [0.15, 0.2) is 5.82 Å². The molecule has 0 aliphatic rings. The van der Waals surface area contributed by atoms with E-state index in [2.05, 4.69) is 16.9 Å². The van der Waals surface area contributed by atoms with Crippen molar-refractivity contribution in [2.24, 2.45) is 0 Å². The van der Waals surface area contributed by atoms with Gasteiger partial charge in [-0.2, -0.15) is 0 Å². The van der Waals surface area contributed by atoms with Crippen molar-refractivity contribution in [3.63, 3.8) is 0 Å². The largest absolute Gasteiger partial charge is 0.544 e. The van der Waals surface area contributed by atoms with Gasteiger partial charge >= 0.3 is 0 Å². The van der Waals surface area contributed by atoms with Crippen molar-refractivity contribution in [1.82, 2.24) is 9.97 Å². The number of fused-ring (bicyclic) bond motifs is 1. The molecule has 2 heterocycles. The molecule has 146 valence electrons. The van der Waals surface area contributed by atoms with Crippen molar-refractivity contribution >= 4 is 50.2 Å². The lowest BCUT2D eigenvalue weighted by Gasteiger charge is -2.05. The first-order chi connectivity index (χ1) is 13.4. The number of halogens is 1. The minimum Gasteiger partial charge on any atom is -0.544 e. The van der Waals surface area contributed by atoms with Gasteiger partial charge in [0, 0.05) is 0 Å². The number of aromatic amines is 1. The van der Waals surface area contributed by atoms with E-state index in [0.29, 0.717) is 17.0 Å². The molecule has 0 atom stereocenters. The zero-order chi connectivity index (χ0) is 20.3. The van der Waals surface area contributed by atoms with Crippen LogP contribution in [0, 0.1) is 6.92 Å². The topological polar surface area (TPSA) is 95.1 Å². The van der Waals surface area contributed by atoms with Crippen LogP contribution in [0.25, 0.3) is 21.3 Å². The minimum absolute atomic E-state index is 0.0103. The predicted molar refractivity (Wildman–Crippen MR) is 110 cm³/mol. The summed E-state index contributed by atoms with van der Waals surface area (Å²) in [4.78, 5) is 30.8. The van der Waals surface area contributed by atoms with Crippen LogP contribution in [0.15, 0.2) is 29.1 Å². The van der Waals surface area contributed by atoms with Gasteiger partial charge in [-0.05, 0) is 42.7 Å². The van der Waals surface area contributed by atoms with Gasteiger partial charge in [-0.3, -0.25) is 4.79 Å². The molecule has 0 saturated carbocycles. The van der Waals surface area contributed by atoms with Crippen LogP contribution in [0.2, 0.25) is 0 Å². The SMILES string of the molecule is CCCCOc1ccc(/C=C(\Cl)c2nc3sc(C(=O)[O-])c(C)c3c(=O)[nH]2)cc1. The zero-order valence-electron chi connectivity index (χ0n) is 15.4. The van der Waals surface area contributed by atoms with Gasteiger partial charge < -0.3 is 19.6 Å². The number of aromatic carboxylic acids is 1. The summed E-state index contributed by atoms with van der Waals surface area (Å²) in [7, 11) is 0. The van der Waals surface area contributed by atoms with E-state index in [1.54, 1.807) is 13.0 Å². The van der Waals surface area contributed by atoms with E-state index in [1.165, 1.54) is 0 Å². The number of H-pyrrole nitrogens is 1. The summed E-state index contributed by atoms with van der Waals surface area (Å²) in [5, 5.41) is 11.7. The summed E-state index contributed by atoms with van der Waals surface area (Å²) < 4.78 is 5.62. The van der Waals surface area contributed by atoms with Gasteiger partial charge in [-0.1, -0.05) is 37.1 Å². The number of carboxylic acid groups (broad SMARTS) is 1. The number of rotatable bonds is 7. The number of hydrogen-bond donors (Lipinski definition) is 1. The molecule has 1 N–H and O–H groups in total. The molecule has 2 aromatic heterocycles. The third-order valence-electron chi connectivity index (χ3n) is 4.15. The van der Waals surface area contributed by atoms with E-state index in [1.807, 2.05) is 24.3 Å². The van der Waals surface area contributed by atoms with E-state index in [0.717, 1.165) is 35.5 Å². The van der Waals surface area contributed by atoms with Crippen LogP contribution in [0.4, 0.5) is 0 Å². The molecule has 1 aromatic carbocycles. The Morgan fingerprint density at radius 2 is 2.07 bits per heavy atom. The number of carbonyl (C=O) groups is 1. The number of carbonyl (C=O) groups excluding carboxylic acids is 1. The molecule has 3 rings (SSSR count). The molecular formula is C20H18ClN2O4S-. The quantitative estimate of drug-likeness (QED) is 0.593. The van der Waals surface area contributed by atoms with Gasteiger partial charge in [0.1, 0.15) is 10.6 Å². The summed E-state index contributed by atoms with van der Waals surface area (Å²) >= 11 is 7.24. The average Bonchev–Trinajstić information content (AvgIpc) is 3.00. The molecule has 0 fully saturated rings. The third-order valence-corrected chi connectivity index (χ3v) is 5.61. The maximum absolute atomic E-state index is 12.4. The fraction of sp³-hybridized carbons (Fsp3) is 0.250. The third kappa shape index (κ3) is 4.26. The fourth-order valence-electron chi connectivity index (χ4n) is 2.66. The Kier molecular flexibility index (Phi) is 6.16. The van der Waals surface area contributed by atoms with Crippen LogP contribution < -0.4 is 15.4 Å². The molecule has 0 aliphatic heterocycles. The molecule has 0 spiro atoms. The fourth-order valence-corrected chi connectivity index (χ4v) is 3.89. The predicted octanol–water partition coefficient (Wildman–Crippen LogP) is 3.57. The van der Waals surface area contributed by atoms with Gasteiger partial charge in [-0.15, -0.1) is 11.3 Å². The van der Waals surface area contributed by atoms with Crippen LogP contribution in [0.5, 0.6) is 5.75 Å². The number of aryl methyl sites for hydroxylation is 1. The standard InChI is InChI=1S/C20H19ClN2O4S/c1-3-4-9-27-13-7-5-12(6-8-13)10-14(21)17-22-18(24)15-11(2)16(20(25)26)28-19(15)23-17/h5-8,10H,3-4,9H2,1-2H3,(H,25,26)(H,22,23,24)/p-1/b14-10-. The number of hydrogen-bond acceptors (Lipinski definition) is 6.